The minimum atomic E-state index is -0.00577. The molecule has 1 amide bonds. The predicted octanol–water partition coefficient (Wildman–Crippen LogP) is 14.9. The van der Waals surface area contributed by atoms with E-state index in [1.165, 1.54) is 161 Å². The number of ether oxygens (including phenoxy) is 2. The monoisotopic (exact) mass is 835 g/mol. The minimum Gasteiger partial charge on any atom is -0.465 e. The summed E-state index contributed by atoms with van der Waals surface area (Å²) in [5, 5.41) is 3.15. The van der Waals surface area contributed by atoms with Crippen LogP contribution in [-0.4, -0.2) is 62.1 Å². The van der Waals surface area contributed by atoms with Gasteiger partial charge in [-0.05, 0) is 102 Å². The number of amides is 1. The first-order chi connectivity index (χ1) is 28.9. The Balaban J connectivity index is 4.49. The normalized spacial score (nSPS) is 12.5. The molecule has 7 heteroatoms. The lowest BCUT2D eigenvalue weighted by molar-refractivity contribution is -0.146. The van der Waals surface area contributed by atoms with Crippen molar-refractivity contribution in [2.75, 3.05) is 39.4 Å². The minimum absolute atomic E-state index is 0.00577. The van der Waals surface area contributed by atoms with Gasteiger partial charge in [-0.15, -0.1) is 0 Å². The summed E-state index contributed by atoms with van der Waals surface area (Å²) in [6, 6.07) is 0. The molecule has 7 nitrogen and oxygen atoms in total. The number of nitrogens with one attached hydrogen (secondary N) is 1. The van der Waals surface area contributed by atoms with Crippen molar-refractivity contribution in [3.63, 3.8) is 0 Å². The van der Waals surface area contributed by atoms with Crippen LogP contribution in [0.5, 0.6) is 0 Å². The molecule has 0 radical (unpaired) electrons. The van der Waals surface area contributed by atoms with E-state index in [0.717, 1.165) is 77.5 Å². The van der Waals surface area contributed by atoms with Gasteiger partial charge >= 0.3 is 11.9 Å². The summed E-state index contributed by atoms with van der Waals surface area (Å²) >= 11 is 0. The molecule has 0 fully saturated rings. The lowest BCUT2D eigenvalue weighted by atomic mass is 9.96. The quantitative estimate of drug-likeness (QED) is 0.0485. The smallest absolute Gasteiger partial charge is 0.305 e. The third-order valence-corrected chi connectivity index (χ3v) is 12.3. The van der Waals surface area contributed by atoms with E-state index in [1.807, 2.05) is 0 Å². The van der Waals surface area contributed by atoms with Gasteiger partial charge in [0, 0.05) is 25.8 Å². The van der Waals surface area contributed by atoms with Crippen molar-refractivity contribution in [3.8, 4) is 0 Å². The molecule has 0 aliphatic carbocycles. The van der Waals surface area contributed by atoms with Gasteiger partial charge < -0.3 is 19.7 Å². The van der Waals surface area contributed by atoms with E-state index < -0.39 is 0 Å². The fourth-order valence-electron chi connectivity index (χ4n) is 8.16. The Labute approximate surface area is 367 Å². The third kappa shape index (κ3) is 41.5. The second kappa shape index (κ2) is 45.9. The first-order valence-electron chi connectivity index (χ1n) is 26.2. The van der Waals surface area contributed by atoms with Gasteiger partial charge in [0.2, 0.25) is 5.91 Å². The van der Waals surface area contributed by atoms with E-state index >= 15 is 0 Å². The van der Waals surface area contributed by atoms with Crippen molar-refractivity contribution in [3.05, 3.63) is 0 Å². The van der Waals surface area contributed by atoms with Gasteiger partial charge in [-0.2, -0.15) is 0 Å². The molecule has 0 aromatic rings. The second-order valence-corrected chi connectivity index (χ2v) is 18.2. The first kappa shape index (κ1) is 57.4. The highest BCUT2D eigenvalue weighted by Gasteiger charge is 2.14. The molecule has 0 aliphatic rings. The Kier molecular flexibility index (Phi) is 44.6. The van der Waals surface area contributed by atoms with E-state index in [4.69, 9.17) is 9.47 Å². The van der Waals surface area contributed by atoms with Gasteiger partial charge in [0.05, 0.1) is 13.2 Å². The Morgan fingerprint density at radius 1 is 0.390 bits per heavy atom. The lowest BCUT2D eigenvalue weighted by Gasteiger charge is -2.22. The zero-order chi connectivity index (χ0) is 43.3. The summed E-state index contributed by atoms with van der Waals surface area (Å²) in [7, 11) is 0. The number of esters is 2. The van der Waals surface area contributed by atoms with Crippen LogP contribution in [0, 0.1) is 11.8 Å². The van der Waals surface area contributed by atoms with Crippen molar-refractivity contribution < 1.29 is 23.9 Å². The van der Waals surface area contributed by atoms with Crippen LogP contribution in [0.15, 0.2) is 0 Å². The van der Waals surface area contributed by atoms with Gasteiger partial charge in [0.1, 0.15) is 0 Å². The largest absolute Gasteiger partial charge is 0.465 e. The molecule has 350 valence electrons. The Bertz CT molecular complexity index is 860. The molecule has 2 unspecified atom stereocenters. The Morgan fingerprint density at radius 2 is 0.729 bits per heavy atom. The maximum absolute atomic E-state index is 12.5. The van der Waals surface area contributed by atoms with Crippen molar-refractivity contribution >= 4 is 17.8 Å². The number of nitrogens with zero attached hydrogens (tertiary/aromatic N) is 1. The van der Waals surface area contributed by atoms with Crippen LogP contribution in [0.2, 0.25) is 0 Å². The predicted molar refractivity (Wildman–Crippen MR) is 253 cm³/mol. The molecule has 2 atom stereocenters. The highest BCUT2D eigenvalue weighted by atomic mass is 16.5. The van der Waals surface area contributed by atoms with Crippen LogP contribution >= 0.6 is 0 Å². The van der Waals surface area contributed by atoms with E-state index in [9.17, 15) is 14.4 Å². The molecule has 0 aromatic carbocycles. The highest BCUT2D eigenvalue weighted by Crippen LogP contribution is 2.20. The van der Waals surface area contributed by atoms with Gasteiger partial charge in [-0.3, -0.25) is 14.4 Å². The van der Waals surface area contributed by atoms with E-state index in [-0.39, 0.29) is 17.8 Å². The topological polar surface area (TPSA) is 84.9 Å². The number of hydrogen-bond donors (Lipinski definition) is 1. The zero-order valence-electron chi connectivity index (χ0n) is 40.3. The van der Waals surface area contributed by atoms with E-state index in [2.05, 4.69) is 44.8 Å². The van der Waals surface area contributed by atoms with Gasteiger partial charge in [0.15, 0.2) is 0 Å². The second-order valence-electron chi connectivity index (χ2n) is 18.2. The van der Waals surface area contributed by atoms with Crippen LogP contribution < -0.4 is 5.32 Å². The Morgan fingerprint density at radius 3 is 1.17 bits per heavy atom. The molecule has 0 heterocycles. The molecule has 59 heavy (non-hydrogen) atoms. The SMILES string of the molecule is CCCCCCCC(=O)NCCCCN(CCCCCCCC(=O)OCC(CCCC)CCCCCC)CCCCCCCC(=O)OCC(CCCC)CCCCCC. The van der Waals surface area contributed by atoms with E-state index in [1.54, 1.807) is 0 Å². The number of hydrogen-bond acceptors (Lipinski definition) is 6. The summed E-state index contributed by atoms with van der Waals surface area (Å²) in [4.78, 5) is 39.9. The van der Waals surface area contributed by atoms with Crippen LogP contribution in [0.3, 0.4) is 0 Å². The average Bonchev–Trinajstić information content (AvgIpc) is 3.23. The van der Waals surface area contributed by atoms with Crippen molar-refractivity contribution in [2.24, 2.45) is 11.8 Å². The van der Waals surface area contributed by atoms with Gasteiger partial charge in [-0.1, -0.05) is 176 Å². The van der Waals surface area contributed by atoms with Crippen molar-refractivity contribution in [2.45, 2.75) is 266 Å². The van der Waals surface area contributed by atoms with Crippen molar-refractivity contribution in [1.82, 2.24) is 10.2 Å². The molecule has 0 aromatic heterocycles. The highest BCUT2D eigenvalue weighted by molar-refractivity contribution is 5.75. The molecule has 0 bridgehead atoms. The summed E-state index contributed by atoms with van der Waals surface area (Å²) < 4.78 is 11.5. The fraction of sp³-hybridized carbons (Fsp3) is 0.942. The number of carbonyl (C=O) groups excluding carboxylic acids is 3. The lowest BCUT2D eigenvalue weighted by Crippen LogP contribution is -2.29. The molecule has 0 spiro atoms. The molecule has 0 saturated carbocycles. The molecular formula is C52H102N2O5. The van der Waals surface area contributed by atoms with E-state index in [0.29, 0.717) is 44.3 Å². The van der Waals surface area contributed by atoms with Gasteiger partial charge in [-0.25, -0.2) is 0 Å². The molecule has 0 aliphatic heterocycles. The summed E-state index contributed by atoms with van der Waals surface area (Å²) in [5.74, 6) is 1.26. The maximum atomic E-state index is 12.5. The first-order valence-corrected chi connectivity index (χ1v) is 26.2. The molecule has 1 N–H and O–H groups in total. The van der Waals surface area contributed by atoms with Crippen LogP contribution in [0.4, 0.5) is 0 Å². The average molecular weight is 835 g/mol. The number of carbonyl (C=O) groups is 3. The van der Waals surface area contributed by atoms with Crippen LogP contribution in [-0.2, 0) is 23.9 Å². The summed E-state index contributed by atoms with van der Waals surface area (Å²) in [6.07, 6.45) is 40.8. The summed E-state index contributed by atoms with van der Waals surface area (Å²) in [5.41, 5.74) is 0. The fourth-order valence-corrected chi connectivity index (χ4v) is 8.16. The van der Waals surface area contributed by atoms with Crippen LogP contribution in [0.1, 0.15) is 266 Å². The van der Waals surface area contributed by atoms with Crippen molar-refractivity contribution in [1.29, 1.82) is 0 Å². The standard InChI is InChI=1S/C52H102N2O5/c1-6-11-16-21-28-39-50(55)53-42-31-34-45-54(43-32-24-19-22-29-40-51(56)58-46-48(35-14-9-4)37-26-17-12-7-2)44-33-25-20-23-30-41-52(57)59-47-49(36-15-10-5)38-27-18-13-8-3/h48-49H,6-47H2,1-5H3,(H,53,55). The summed E-state index contributed by atoms with van der Waals surface area (Å²) in [6.45, 7) is 16.5. The van der Waals surface area contributed by atoms with Gasteiger partial charge in [0.25, 0.3) is 0 Å². The molecule has 0 saturated heterocycles. The number of rotatable bonds is 47. The molecular weight excluding hydrogens is 733 g/mol. The maximum Gasteiger partial charge on any atom is 0.305 e. The number of unbranched alkanes of at least 4 members (excludes halogenated alkanes) is 21. The zero-order valence-corrected chi connectivity index (χ0v) is 40.3. The Hall–Kier alpha value is -1.63. The molecule has 0 rings (SSSR count). The third-order valence-electron chi connectivity index (χ3n) is 12.3. The van der Waals surface area contributed by atoms with Crippen LogP contribution in [0.25, 0.3) is 0 Å².